The van der Waals surface area contributed by atoms with Crippen LogP contribution >= 0.6 is 23.6 Å². The molecule has 0 amide bonds. The van der Waals surface area contributed by atoms with Crippen LogP contribution in [0.1, 0.15) is 19.0 Å². The van der Waals surface area contributed by atoms with Crippen LogP contribution in [-0.4, -0.2) is 4.98 Å². The molecule has 0 aliphatic rings. The van der Waals surface area contributed by atoms with E-state index in [0.717, 1.165) is 22.4 Å². The number of nitrogens with zero attached hydrogens (tertiary/aromatic N) is 1. The average molecular weight is 186 g/mol. The Bertz CT molecular complexity index is 293. The second-order valence-electron chi connectivity index (χ2n) is 2.26. The first-order chi connectivity index (χ1) is 5.22. The Balaban J connectivity index is 2.99. The fraction of sp³-hybridized carbons (Fsp3) is 0.429. The summed E-state index contributed by atoms with van der Waals surface area (Å²) in [5.74, 6) is 0. The molecule has 0 radical (unpaired) electrons. The highest BCUT2D eigenvalue weighted by molar-refractivity contribution is 7.73. The van der Waals surface area contributed by atoms with Crippen molar-refractivity contribution in [3.05, 3.63) is 15.6 Å². The van der Waals surface area contributed by atoms with E-state index in [1.807, 2.05) is 6.07 Å². The summed E-state index contributed by atoms with van der Waals surface area (Å²) in [5.41, 5.74) is 6.54. The minimum absolute atomic E-state index is 0.570. The molecule has 0 unspecified atom stereocenters. The van der Waals surface area contributed by atoms with Crippen molar-refractivity contribution in [3.63, 3.8) is 0 Å². The van der Waals surface area contributed by atoms with Gasteiger partial charge in [0.2, 0.25) is 0 Å². The lowest BCUT2D eigenvalue weighted by Crippen LogP contribution is -1.92. The number of hydrogen-bond acceptors (Lipinski definition) is 4. The van der Waals surface area contributed by atoms with Crippen LogP contribution in [0, 0.1) is 3.82 Å². The van der Waals surface area contributed by atoms with E-state index in [4.69, 9.17) is 18.0 Å². The van der Waals surface area contributed by atoms with E-state index in [2.05, 4.69) is 11.9 Å². The van der Waals surface area contributed by atoms with Crippen molar-refractivity contribution in [1.82, 2.24) is 4.98 Å². The topological polar surface area (TPSA) is 38.9 Å². The number of anilines is 1. The van der Waals surface area contributed by atoms with E-state index >= 15 is 0 Å². The molecule has 0 aliphatic carbocycles. The van der Waals surface area contributed by atoms with Gasteiger partial charge in [-0.1, -0.05) is 36.9 Å². The molecular weight excluding hydrogens is 176 g/mol. The van der Waals surface area contributed by atoms with Gasteiger partial charge in [-0.3, -0.25) is 0 Å². The van der Waals surface area contributed by atoms with E-state index < -0.39 is 0 Å². The van der Waals surface area contributed by atoms with E-state index in [-0.39, 0.29) is 0 Å². The zero-order valence-corrected chi connectivity index (χ0v) is 7.97. The van der Waals surface area contributed by atoms with Crippen molar-refractivity contribution in [2.75, 3.05) is 5.73 Å². The number of nitrogen functional groups attached to an aromatic ring is 1. The van der Waals surface area contributed by atoms with Crippen molar-refractivity contribution in [2.45, 2.75) is 19.8 Å². The summed E-state index contributed by atoms with van der Waals surface area (Å²) in [4.78, 5) is 4.15. The molecule has 2 N–H and O–H groups in total. The Morgan fingerprint density at radius 1 is 1.73 bits per heavy atom. The third kappa shape index (κ3) is 2.55. The number of nitrogens with two attached hydrogens (primary N) is 1. The van der Waals surface area contributed by atoms with Gasteiger partial charge in [0, 0.05) is 5.69 Å². The number of aromatic nitrogens is 1. The van der Waals surface area contributed by atoms with Gasteiger partial charge in [0.25, 0.3) is 0 Å². The largest absolute Gasteiger partial charge is 0.375 e. The zero-order chi connectivity index (χ0) is 8.27. The Hall–Kier alpha value is -0.480. The standard InChI is InChI=1S/C7H10N2S2/c1-2-3-5-4-6(10)11-7(8)9-5/h4H,2-3H2,1H3,(H2,8,9). The van der Waals surface area contributed by atoms with Crippen molar-refractivity contribution in [3.8, 4) is 0 Å². The van der Waals surface area contributed by atoms with Crippen LogP contribution in [-0.2, 0) is 6.42 Å². The maximum Gasteiger partial charge on any atom is 0.181 e. The van der Waals surface area contributed by atoms with Crippen molar-refractivity contribution in [2.24, 2.45) is 0 Å². The predicted molar refractivity (Wildman–Crippen MR) is 51.4 cm³/mol. The summed E-state index contributed by atoms with van der Waals surface area (Å²) in [5, 5.41) is 0.570. The van der Waals surface area contributed by atoms with E-state index in [1.165, 1.54) is 11.3 Å². The van der Waals surface area contributed by atoms with Gasteiger partial charge >= 0.3 is 0 Å². The molecule has 4 heteroatoms. The molecule has 11 heavy (non-hydrogen) atoms. The lowest BCUT2D eigenvalue weighted by atomic mass is 10.2. The second-order valence-corrected chi connectivity index (χ2v) is 4.02. The van der Waals surface area contributed by atoms with Crippen LogP contribution in [0.4, 0.5) is 5.13 Å². The third-order valence-electron chi connectivity index (χ3n) is 1.25. The number of aryl methyl sites for hydroxylation is 1. The van der Waals surface area contributed by atoms with Gasteiger partial charge in [0.1, 0.15) is 0 Å². The summed E-state index contributed by atoms with van der Waals surface area (Å²) in [6.45, 7) is 2.11. The van der Waals surface area contributed by atoms with Crippen LogP contribution < -0.4 is 5.73 Å². The number of hydrogen-bond donors (Lipinski definition) is 1. The molecule has 1 heterocycles. The van der Waals surface area contributed by atoms with E-state index in [1.54, 1.807) is 0 Å². The summed E-state index contributed by atoms with van der Waals surface area (Å²) >= 11 is 6.35. The zero-order valence-electron chi connectivity index (χ0n) is 6.33. The van der Waals surface area contributed by atoms with Gasteiger partial charge in [-0.2, -0.15) is 0 Å². The molecule has 0 saturated heterocycles. The Kier molecular flexibility index (Phi) is 2.96. The quantitative estimate of drug-likeness (QED) is 0.721. The molecule has 1 rings (SSSR count). The molecule has 0 bridgehead atoms. The first-order valence-corrected chi connectivity index (χ1v) is 4.71. The molecule has 60 valence electrons. The fourth-order valence-electron chi connectivity index (χ4n) is 0.849. The highest BCUT2D eigenvalue weighted by atomic mass is 32.1. The molecule has 0 aliphatic heterocycles. The van der Waals surface area contributed by atoms with Gasteiger partial charge in [-0.05, 0) is 12.5 Å². The summed E-state index contributed by atoms with van der Waals surface area (Å²) in [6, 6.07) is 1.92. The maximum atomic E-state index is 5.53. The van der Waals surface area contributed by atoms with Gasteiger partial charge in [0.05, 0.1) is 3.82 Å². The molecule has 1 aromatic rings. The minimum Gasteiger partial charge on any atom is -0.375 e. The highest BCUT2D eigenvalue weighted by Gasteiger charge is 1.94. The predicted octanol–water partition coefficient (Wildman–Crippen LogP) is 2.41. The fourth-order valence-corrected chi connectivity index (χ4v) is 1.81. The first-order valence-electron chi connectivity index (χ1n) is 3.49. The Morgan fingerprint density at radius 3 is 3.00 bits per heavy atom. The van der Waals surface area contributed by atoms with Crippen LogP contribution in [0.5, 0.6) is 0 Å². The maximum absolute atomic E-state index is 5.53. The molecule has 0 spiro atoms. The summed E-state index contributed by atoms with van der Waals surface area (Å²) < 4.78 is 0.820. The summed E-state index contributed by atoms with van der Waals surface area (Å²) in [7, 11) is 0. The summed E-state index contributed by atoms with van der Waals surface area (Å²) in [6.07, 6.45) is 2.04. The van der Waals surface area contributed by atoms with Gasteiger partial charge in [-0.25, -0.2) is 4.98 Å². The lowest BCUT2D eigenvalue weighted by Gasteiger charge is -1.96. The monoisotopic (exact) mass is 186 g/mol. The Labute approximate surface area is 75.1 Å². The van der Waals surface area contributed by atoms with Crippen LogP contribution in [0.15, 0.2) is 6.07 Å². The normalized spacial score (nSPS) is 9.91. The Morgan fingerprint density at radius 2 is 2.45 bits per heavy atom. The van der Waals surface area contributed by atoms with Crippen LogP contribution in [0.2, 0.25) is 0 Å². The third-order valence-corrected chi connectivity index (χ3v) is 2.24. The van der Waals surface area contributed by atoms with E-state index in [9.17, 15) is 0 Å². The highest BCUT2D eigenvalue weighted by Crippen LogP contribution is 2.11. The molecular formula is C7H10N2S2. The first kappa shape index (κ1) is 8.62. The molecule has 2 nitrogen and oxygen atoms in total. The average Bonchev–Trinajstić information content (AvgIpc) is 1.85. The lowest BCUT2D eigenvalue weighted by molar-refractivity contribution is 0.888. The molecule has 0 atom stereocenters. The van der Waals surface area contributed by atoms with Gasteiger partial charge < -0.3 is 5.73 Å². The second kappa shape index (κ2) is 3.78. The smallest absolute Gasteiger partial charge is 0.181 e. The van der Waals surface area contributed by atoms with Crippen molar-refractivity contribution < 1.29 is 0 Å². The minimum atomic E-state index is 0.570. The van der Waals surface area contributed by atoms with Crippen LogP contribution in [0.25, 0.3) is 0 Å². The van der Waals surface area contributed by atoms with Crippen molar-refractivity contribution in [1.29, 1.82) is 0 Å². The number of rotatable bonds is 2. The van der Waals surface area contributed by atoms with Crippen LogP contribution in [0.3, 0.4) is 0 Å². The van der Waals surface area contributed by atoms with E-state index in [0.29, 0.717) is 5.13 Å². The molecule has 1 aromatic heterocycles. The SMILES string of the molecule is CCCc1cc(=S)sc(N)n1. The molecule has 0 aromatic carbocycles. The van der Waals surface area contributed by atoms with Gasteiger partial charge in [-0.15, -0.1) is 0 Å². The molecule has 0 saturated carbocycles. The van der Waals surface area contributed by atoms with Gasteiger partial charge in [0.15, 0.2) is 5.13 Å². The molecule has 0 fully saturated rings. The van der Waals surface area contributed by atoms with Crippen molar-refractivity contribution >= 4 is 28.7 Å².